The first-order valence-corrected chi connectivity index (χ1v) is 38.9. The second kappa shape index (κ2) is 52.2. The molecule has 2 N–H and O–H groups in total. The van der Waals surface area contributed by atoms with Gasteiger partial charge in [0.25, 0.3) is 0 Å². The molecule has 0 aliphatic rings. The number of rotatable bonds is 57. The number of ether oxygens (including phenoxy) is 6. The first-order chi connectivity index (χ1) is 47.1. The van der Waals surface area contributed by atoms with Gasteiger partial charge in [-0.05, 0) is 123 Å². The van der Waals surface area contributed by atoms with Crippen molar-refractivity contribution in [2.75, 3.05) is 39.6 Å². The Morgan fingerprint density at radius 3 is 0.896 bits per heavy atom. The second-order valence-corrected chi connectivity index (χ2v) is 26.1. The van der Waals surface area contributed by atoms with Crippen LogP contribution < -0.4 is 28.4 Å². The number of aromatic amines is 2. The average Bonchev–Trinajstić information content (AvgIpc) is 1.59. The van der Waals surface area contributed by atoms with Gasteiger partial charge in [0.2, 0.25) is 17.3 Å². The molecular formula is C83H129BF2N2O8. The molecule has 96 heavy (non-hydrogen) atoms. The maximum absolute atomic E-state index is 14.8. The summed E-state index contributed by atoms with van der Waals surface area (Å²) in [5, 5.41) is 0. The van der Waals surface area contributed by atoms with E-state index in [1.165, 1.54) is 160 Å². The number of aromatic nitrogens is 2. The Hall–Kier alpha value is -5.95. The summed E-state index contributed by atoms with van der Waals surface area (Å²) >= 11 is 0. The van der Waals surface area contributed by atoms with Gasteiger partial charge in [0.1, 0.15) is 5.76 Å². The molecule has 0 radical (unpaired) electrons. The minimum Gasteiger partial charge on any atom is -0.503 e. The SMILES string of the molecule is CCCCCCCCOc1cc(C#Cc2[nH]c(C(=O)/C=C(\OB(F)F)c3[nH]c(C#Cc4cc(OCCCCCCCC)c(OCCCCCCCC)c(OCCCCCCCC)c4)c(CC)c3CC)c(CC)c2CC)cc(OCCCCCCCC)c1OCCCCCCCC. The molecule has 0 amide bonds. The van der Waals surface area contributed by atoms with E-state index in [0.717, 1.165) is 99.3 Å². The van der Waals surface area contributed by atoms with Crippen LogP contribution in [0.5, 0.6) is 34.5 Å². The Morgan fingerprint density at radius 2 is 0.615 bits per heavy atom. The van der Waals surface area contributed by atoms with Crippen LogP contribution in [0.2, 0.25) is 0 Å². The van der Waals surface area contributed by atoms with Crippen molar-refractivity contribution < 1.29 is 46.5 Å². The van der Waals surface area contributed by atoms with Gasteiger partial charge in [-0.3, -0.25) is 4.79 Å². The highest BCUT2D eigenvalue weighted by atomic mass is 19.2. The van der Waals surface area contributed by atoms with Crippen LogP contribution in [0.3, 0.4) is 0 Å². The van der Waals surface area contributed by atoms with Crippen molar-refractivity contribution in [1.29, 1.82) is 0 Å². The molecule has 2 aromatic heterocycles. The Kier molecular flexibility index (Phi) is 44.8. The standard InChI is InChI=1S/C83H129BF2N2O8/c1-11-21-27-33-39-45-55-90-76-61-66(62-77(91-56-46-40-34-28-22-12-2)82(76)94-59-49-43-37-31-25-15-5)51-53-72-68(17-7)70(19-9)80(87-72)74(89)65-75(96-84(85)86)81-71(20-10)69(18-8)73(88-81)54-52-67-63-78(92-57-47-41-35-29-23-13-3)83(95-60-50-44-38-32-26-16-6)79(64-67)93-58-48-42-36-30-24-14-4/h61-65,87-88H,11-50,55-60H2,1-10H3/b75-65-. The van der Waals surface area contributed by atoms with Crippen molar-refractivity contribution in [3.05, 3.63) is 86.5 Å². The van der Waals surface area contributed by atoms with E-state index in [-0.39, 0.29) is 11.5 Å². The molecule has 2 heterocycles. The van der Waals surface area contributed by atoms with E-state index in [1.54, 1.807) is 0 Å². The molecule has 0 aliphatic carbocycles. The van der Waals surface area contributed by atoms with Crippen molar-refractivity contribution in [3.8, 4) is 58.2 Å². The van der Waals surface area contributed by atoms with E-state index in [9.17, 15) is 13.4 Å². The van der Waals surface area contributed by atoms with Crippen LogP contribution in [0.25, 0.3) is 5.76 Å². The van der Waals surface area contributed by atoms with Crippen LogP contribution in [-0.2, 0) is 30.3 Å². The summed E-state index contributed by atoms with van der Waals surface area (Å²) in [7, 11) is -3.21. The van der Waals surface area contributed by atoms with Gasteiger partial charge < -0.3 is 43.0 Å². The van der Waals surface area contributed by atoms with E-state index in [2.05, 4.69) is 75.2 Å². The molecule has 0 saturated heterocycles. The largest absolute Gasteiger partial charge is 0.796 e. The number of H-pyrrole nitrogens is 2. The van der Waals surface area contributed by atoms with Gasteiger partial charge >= 0.3 is 7.47 Å². The highest BCUT2D eigenvalue weighted by molar-refractivity contribution is 6.36. The van der Waals surface area contributed by atoms with Gasteiger partial charge in [0.05, 0.1) is 62.4 Å². The van der Waals surface area contributed by atoms with Crippen LogP contribution in [0.15, 0.2) is 30.3 Å². The van der Waals surface area contributed by atoms with Gasteiger partial charge in [0.15, 0.2) is 23.0 Å². The zero-order valence-electron chi connectivity index (χ0n) is 62.0. The predicted molar refractivity (Wildman–Crippen MR) is 399 cm³/mol. The van der Waals surface area contributed by atoms with Gasteiger partial charge in [-0.15, -0.1) is 0 Å². The molecule has 2 aromatic carbocycles. The number of hydrogen-bond donors (Lipinski definition) is 2. The number of unbranched alkanes of at least 4 members (excludes halogenated alkanes) is 30. The molecule has 4 rings (SSSR count). The number of benzene rings is 2. The van der Waals surface area contributed by atoms with Crippen LogP contribution in [-0.4, -0.2) is 62.9 Å². The van der Waals surface area contributed by atoms with E-state index in [1.807, 2.05) is 52.0 Å². The molecule has 0 saturated carbocycles. The second-order valence-electron chi connectivity index (χ2n) is 26.1. The lowest BCUT2D eigenvalue weighted by Gasteiger charge is -2.18. The Labute approximate surface area is 583 Å². The quantitative estimate of drug-likeness (QED) is 0.0112. The molecule has 13 heteroatoms. The van der Waals surface area contributed by atoms with Gasteiger partial charge in [-0.2, -0.15) is 0 Å². The van der Waals surface area contributed by atoms with Gasteiger partial charge in [-0.1, -0.05) is 274 Å². The Morgan fingerprint density at radius 1 is 0.354 bits per heavy atom. The van der Waals surface area contributed by atoms with Crippen LogP contribution >= 0.6 is 0 Å². The molecule has 4 aromatic rings. The fraction of sp³-hybridized carbons (Fsp3) is 0.675. The summed E-state index contributed by atoms with van der Waals surface area (Å²) in [4.78, 5) is 21.6. The van der Waals surface area contributed by atoms with Crippen molar-refractivity contribution in [2.24, 2.45) is 0 Å². The third-order valence-electron chi connectivity index (χ3n) is 18.0. The van der Waals surface area contributed by atoms with Crippen molar-refractivity contribution in [1.82, 2.24) is 9.97 Å². The monoisotopic (exact) mass is 1330 g/mol. The third-order valence-corrected chi connectivity index (χ3v) is 18.0. The number of halogens is 2. The lowest BCUT2D eigenvalue weighted by Crippen LogP contribution is -2.09. The maximum Gasteiger partial charge on any atom is 0.796 e. The zero-order valence-corrected chi connectivity index (χ0v) is 62.0. The molecule has 0 fully saturated rings. The Balaban J connectivity index is 1.80. The molecule has 0 spiro atoms. The Bertz CT molecular complexity index is 2830. The van der Waals surface area contributed by atoms with E-state index in [0.29, 0.717) is 128 Å². The van der Waals surface area contributed by atoms with Crippen LogP contribution in [0, 0.1) is 23.7 Å². The summed E-state index contributed by atoms with van der Waals surface area (Å²) < 4.78 is 74.6. The summed E-state index contributed by atoms with van der Waals surface area (Å²) in [6.45, 7) is 24.7. The molecular weight excluding hydrogens is 1200 g/mol. The lowest BCUT2D eigenvalue weighted by atomic mass is 10.00. The number of carbonyl (C=O) groups excluding carboxylic acids is 1. The number of allylic oxidation sites excluding steroid dienone is 1. The van der Waals surface area contributed by atoms with E-state index in [4.69, 9.17) is 33.1 Å². The fourth-order valence-corrected chi connectivity index (χ4v) is 12.5. The maximum atomic E-state index is 14.8. The van der Waals surface area contributed by atoms with Crippen molar-refractivity contribution in [3.63, 3.8) is 0 Å². The lowest BCUT2D eigenvalue weighted by molar-refractivity contribution is 0.104. The van der Waals surface area contributed by atoms with E-state index < -0.39 is 13.3 Å². The normalized spacial score (nSPS) is 11.3. The van der Waals surface area contributed by atoms with Crippen LogP contribution in [0.4, 0.5) is 8.63 Å². The first-order valence-electron chi connectivity index (χ1n) is 38.9. The van der Waals surface area contributed by atoms with E-state index >= 15 is 0 Å². The molecule has 0 unspecified atom stereocenters. The third kappa shape index (κ3) is 31.3. The molecule has 536 valence electrons. The summed E-state index contributed by atoms with van der Waals surface area (Å²) in [6.07, 6.45) is 44.5. The van der Waals surface area contributed by atoms with Crippen LogP contribution in [0.1, 0.15) is 361 Å². The summed E-state index contributed by atoms with van der Waals surface area (Å²) in [5.74, 6) is 16.5. The predicted octanol–water partition coefficient (Wildman–Crippen LogP) is 24.0. The zero-order chi connectivity index (χ0) is 69.2. The summed E-state index contributed by atoms with van der Waals surface area (Å²) in [6, 6.07) is 7.80. The molecule has 0 bridgehead atoms. The summed E-state index contributed by atoms with van der Waals surface area (Å²) in [5.41, 5.74) is 6.34. The molecule has 10 nitrogen and oxygen atoms in total. The van der Waals surface area contributed by atoms with Crippen molar-refractivity contribution in [2.45, 2.75) is 326 Å². The fourth-order valence-electron chi connectivity index (χ4n) is 12.5. The van der Waals surface area contributed by atoms with Gasteiger partial charge in [-0.25, -0.2) is 8.63 Å². The smallest absolute Gasteiger partial charge is 0.503 e. The number of carbonyl (C=O) groups is 1. The van der Waals surface area contributed by atoms with Gasteiger partial charge in [0, 0.05) is 17.2 Å². The number of hydrogen-bond acceptors (Lipinski definition) is 8. The average molecular weight is 1330 g/mol. The minimum atomic E-state index is -3.21. The number of nitrogens with one attached hydrogen (secondary N) is 2. The topological polar surface area (TPSA) is 113 Å². The molecule has 0 aliphatic heterocycles. The first kappa shape index (κ1) is 82.5. The number of ketones is 1. The highest BCUT2D eigenvalue weighted by Crippen LogP contribution is 2.42. The molecule has 0 atom stereocenters. The highest BCUT2D eigenvalue weighted by Gasteiger charge is 2.28. The minimum absolute atomic E-state index is 0.264. The van der Waals surface area contributed by atoms with Crippen molar-refractivity contribution >= 4 is 19.0 Å².